The molecule has 0 aliphatic carbocycles. The highest BCUT2D eigenvalue weighted by Crippen LogP contribution is 2.29. The van der Waals surface area contributed by atoms with E-state index in [2.05, 4.69) is 5.32 Å². The zero-order chi connectivity index (χ0) is 26.3. The van der Waals surface area contributed by atoms with E-state index in [9.17, 15) is 14.4 Å². The minimum absolute atomic E-state index is 0.268. The Hall–Kier alpha value is -4.59. The summed E-state index contributed by atoms with van der Waals surface area (Å²) in [5, 5.41) is 3.60. The van der Waals surface area contributed by atoms with E-state index >= 15 is 0 Å². The molecule has 2 aromatic heterocycles. The number of rotatable bonds is 6. The SMILES string of the molecule is CCc1ccccc1NC(=O)Cn1c(=O)n(-c2ccc(C)cc2)c(=O)c2c1c1cc(OC)ccc1n2C. The normalized spacial score (nSPS) is 11.2. The summed E-state index contributed by atoms with van der Waals surface area (Å²) in [6, 6.07) is 20.2. The first kappa shape index (κ1) is 24.1. The van der Waals surface area contributed by atoms with Gasteiger partial charge in [0.05, 0.1) is 23.8 Å². The number of para-hydroxylation sites is 1. The molecule has 3 aromatic carbocycles. The van der Waals surface area contributed by atoms with Crippen molar-refractivity contribution in [2.75, 3.05) is 12.4 Å². The highest BCUT2D eigenvalue weighted by atomic mass is 16.5. The van der Waals surface area contributed by atoms with Gasteiger partial charge in [-0.3, -0.25) is 14.2 Å². The summed E-state index contributed by atoms with van der Waals surface area (Å²) in [4.78, 5) is 41.0. The van der Waals surface area contributed by atoms with Crippen molar-refractivity contribution >= 4 is 33.5 Å². The third-order valence-corrected chi connectivity index (χ3v) is 6.74. The van der Waals surface area contributed by atoms with E-state index in [-0.39, 0.29) is 12.5 Å². The van der Waals surface area contributed by atoms with Gasteiger partial charge in [-0.2, -0.15) is 0 Å². The van der Waals surface area contributed by atoms with E-state index in [1.54, 1.807) is 43.0 Å². The molecule has 0 atom stereocenters. The average molecular weight is 497 g/mol. The van der Waals surface area contributed by atoms with Crippen molar-refractivity contribution in [1.82, 2.24) is 13.7 Å². The zero-order valence-electron chi connectivity index (χ0n) is 21.2. The van der Waals surface area contributed by atoms with Crippen molar-refractivity contribution in [1.29, 1.82) is 0 Å². The molecular formula is C29H28N4O4. The minimum atomic E-state index is -0.587. The van der Waals surface area contributed by atoms with Crippen molar-refractivity contribution < 1.29 is 9.53 Å². The van der Waals surface area contributed by atoms with Crippen molar-refractivity contribution in [3.8, 4) is 11.4 Å². The average Bonchev–Trinajstić information content (AvgIpc) is 3.19. The maximum Gasteiger partial charge on any atom is 0.336 e. The Labute approximate surface area is 213 Å². The highest BCUT2D eigenvalue weighted by Gasteiger charge is 2.23. The summed E-state index contributed by atoms with van der Waals surface area (Å²) in [7, 11) is 3.34. The summed E-state index contributed by atoms with van der Waals surface area (Å²) in [6.45, 7) is 3.68. The fraction of sp³-hybridized carbons (Fsp3) is 0.207. The number of nitrogens with zero attached hydrogens (tertiary/aromatic N) is 3. The molecule has 0 unspecified atom stereocenters. The van der Waals surface area contributed by atoms with Crippen LogP contribution in [0.1, 0.15) is 18.1 Å². The number of carbonyl (C=O) groups is 1. The molecule has 0 aliphatic heterocycles. The van der Waals surface area contributed by atoms with E-state index in [0.29, 0.717) is 33.5 Å². The van der Waals surface area contributed by atoms with Gasteiger partial charge in [0.15, 0.2) is 0 Å². The van der Waals surface area contributed by atoms with Gasteiger partial charge in [0, 0.05) is 18.1 Å². The lowest BCUT2D eigenvalue weighted by atomic mass is 10.1. The molecular weight excluding hydrogens is 468 g/mol. The van der Waals surface area contributed by atoms with Gasteiger partial charge in [-0.1, -0.05) is 42.8 Å². The van der Waals surface area contributed by atoms with Crippen LogP contribution >= 0.6 is 0 Å². The van der Waals surface area contributed by atoms with Gasteiger partial charge in [0.1, 0.15) is 17.8 Å². The molecule has 1 amide bonds. The van der Waals surface area contributed by atoms with Crippen LogP contribution in [0, 0.1) is 6.92 Å². The first-order valence-electron chi connectivity index (χ1n) is 12.1. The highest BCUT2D eigenvalue weighted by molar-refractivity contribution is 6.07. The van der Waals surface area contributed by atoms with Crippen LogP contribution in [0.4, 0.5) is 5.69 Å². The van der Waals surface area contributed by atoms with Crippen LogP contribution in [0.2, 0.25) is 0 Å². The molecule has 1 N–H and O–H groups in total. The predicted octanol–water partition coefficient (Wildman–Crippen LogP) is 4.16. The van der Waals surface area contributed by atoms with Crippen LogP contribution in [0.25, 0.3) is 27.6 Å². The van der Waals surface area contributed by atoms with Gasteiger partial charge in [0.25, 0.3) is 5.56 Å². The Morgan fingerprint density at radius 1 is 0.973 bits per heavy atom. The molecule has 0 saturated heterocycles. The van der Waals surface area contributed by atoms with Gasteiger partial charge in [-0.25, -0.2) is 9.36 Å². The summed E-state index contributed by atoms with van der Waals surface area (Å²) >= 11 is 0. The lowest BCUT2D eigenvalue weighted by molar-refractivity contribution is -0.116. The molecule has 8 nitrogen and oxygen atoms in total. The molecule has 0 fully saturated rings. The predicted molar refractivity (Wildman–Crippen MR) is 146 cm³/mol. The monoisotopic (exact) mass is 496 g/mol. The summed E-state index contributed by atoms with van der Waals surface area (Å²) in [5.41, 5.74) is 3.57. The number of amides is 1. The number of hydrogen-bond donors (Lipinski definition) is 1. The second-order valence-electron chi connectivity index (χ2n) is 9.04. The second kappa shape index (κ2) is 9.46. The Kier molecular flexibility index (Phi) is 6.17. The lowest BCUT2D eigenvalue weighted by Gasteiger charge is -2.14. The van der Waals surface area contributed by atoms with Crippen molar-refractivity contribution in [2.24, 2.45) is 7.05 Å². The second-order valence-corrected chi connectivity index (χ2v) is 9.04. The molecule has 0 bridgehead atoms. The Bertz CT molecular complexity index is 1780. The van der Waals surface area contributed by atoms with E-state index in [1.807, 2.05) is 56.3 Å². The minimum Gasteiger partial charge on any atom is -0.497 e. The number of methoxy groups -OCH3 is 1. The fourth-order valence-corrected chi connectivity index (χ4v) is 4.81. The maximum atomic E-state index is 13.9. The maximum absolute atomic E-state index is 13.9. The standard InChI is InChI=1S/C29H28N4O4/c1-5-19-8-6-7-9-23(19)30-25(34)17-32-26-22-16-21(37-4)14-15-24(22)31(3)27(26)28(35)33(29(32)36)20-12-10-18(2)11-13-20/h6-16H,5,17H2,1-4H3,(H,30,34). The Balaban J connectivity index is 1.77. The third kappa shape index (κ3) is 4.10. The van der Waals surface area contributed by atoms with Gasteiger partial charge >= 0.3 is 5.69 Å². The number of benzene rings is 3. The lowest BCUT2D eigenvalue weighted by Crippen LogP contribution is -2.41. The first-order valence-corrected chi connectivity index (χ1v) is 12.1. The molecule has 0 spiro atoms. The van der Waals surface area contributed by atoms with E-state index < -0.39 is 11.2 Å². The largest absolute Gasteiger partial charge is 0.497 e. The Morgan fingerprint density at radius 3 is 2.41 bits per heavy atom. The zero-order valence-corrected chi connectivity index (χ0v) is 21.2. The molecule has 188 valence electrons. The van der Waals surface area contributed by atoms with Crippen LogP contribution in [-0.2, 0) is 24.8 Å². The number of fused-ring (bicyclic) bond motifs is 3. The van der Waals surface area contributed by atoms with Crippen LogP contribution < -0.4 is 21.3 Å². The Morgan fingerprint density at radius 2 is 1.70 bits per heavy atom. The molecule has 5 rings (SSSR count). The number of aromatic nitrogens is 3. The number of nitrogens with one attached hydrogen (secondary N) is 1. The molecule has 0 aliphatic rings. The van der Waals surface area contributed by atoms with Gasteiger partial charge in [0.2, 0.25) is 5.91 Å². The van der Waals surface area contributed by atoms with Crippen LogP contribution in [0.3, 0.4) is 0 Å². The summed E-state index contributed by atoms with van der Waals surface area (Å²) in [5.74, 6) is 0.223. The number of anilines is 1. The number of hydrogen-bond acceptors (Lipinski definition) is 4. The van der Waals surface area contributed by atoms with Crippen LogP contribution in [0.15, 0.2) is 76.3 Å². The van der Waals surface area contributed by atoms with E-state index in [4.69, 9.17) is 4.74 Å². The van der Waals surface area contributed by atoms with E-state index in [1.165, 1.54) is 4.57 Å². The van der Waals surface area contributed by atoms with E-state index in [0.717, 1.165) is 27.6 Å². The molecule has 37 heavy (non-hydrogen) atoms. The molecule has 0 saturated carbocycles. The number of ether oxygens (including phenoxy) is 1. The quantitative estimate of drug-likeness (QED) is 0.382. The first-order chi connectivity index (χ1) is 17.8. The van der Waals surface area contributed by atoms with Gasteiger partial charge < -0.3 is 14.6 Å². The smallest absolute Gasteiger partial charge is 0.336 e. The van der Waals surface area contributed by atoms with Crippen molar-refractivity contribution in [3.05, 3.63) is 98.7 Å². The molecule has 5 aromatic rings. The van der Waals surface area contributed by atoms with Gasteiger partial charge in [-0.05, 0) is 55.3 Å². The topological polar surface area (TPSA) is 87.3 Å². The van der Waals surface area contributed by atoms with Crippen molar-refractivity contribution in [2.45, 2.75) is 26.8 Å². The van der Waals surface area contributed by atoms with Crippen molar-refractivity contribution in [3.63, 3.8) is 0 Å². The van der Waals surface area contributed by atoms with Crippen LogP contribution in [0.5, 0.6) is 5.75 Å². The fourth-order valence-electron chi connectivity index (χ4n) is 4.81. The molecule has 8 heteroatoms. The summed E-state index contributed by atoms with van der Waals surface area (Å²) < 4.78 is 9.68. The molecule has 0 radical (unpaired) electrons. The van der Waals surface area contributed by atoms with Crippen LogP contribution in [-0.4, -0.2) is 26.7 Å². The summed E-state index contributed by atoms with van der Waals surface area (Å²) in [6.07, 6.45) is 0.752. The molecule has 2 heterocycles. The third-order valence-electron chi connectivity index (χ3n) is 6.74. The van der Waals surface area contributed by atoms with Gasteiger partial charge in [-0.15, -0.1) is 0 Å². The number of aryl methyl sites for hydroxylation is 3. The number of carbonyl (C=O) groups excluding carboxylic acids is 1.